The Morgan fingerprint density at radius 1 is 0.889 bits per heavy atom. The number of allylic oxidation sites excluding steroid dienone is 4. The molecule has 1 aliphatic rings. The molecule has 1 saturated carbocycles. The fourth-order valence-electron chi connectivity index (χ4n) is 4.20. The van der Waals surface area contributed by atoms with Crippen molar-refractivity contribution in [3.05, 3.63) is 59.7 Å². The van der Waals surface area contributed by atoms with Gasteiger partial charge in [-0.05, 0) is 74.3 Å². The Morgan fingerprint density at radius 3 is 2.11 bits per heavy atom. The number of aryl methyl sites for hydroxylation is 2. The van der Waals surface area contributed by atoms with Crippen LogP contribution in [0.2, 0.25) is 0 Å². The minimum absolute atomic E-state index is 0.723. The first-order valence-corrected chi connectivity index (χ1v) is 11.1. The smallest absolute Gasteiger partial charge is 0.0912 e. The van der Waals surface area contributed by atoms with E-state index >= 15 is 0 Å². The lowest BCUT2D eigenvalue weighted by Crippen LogP contribution is -2.13. The SMILES string of the molecule is CCCCCc1ccc(CCCCC2CCC(/C=C/C=C/C#N)CC2)cc1. The van der Waals surface area contributed by atoms with Crippen LogP contribution in [0, 0.1) is 23.2 Å². The molecule has 0 aliphatic heterocycles. The summed E-state index contributed by atoms with van der Waals surface area (Å²) in [5.74, 6) is 1.66. The Balaban J connectivity index is 1.56. The van der Waals surface area contributed by atoms with E-state index in [-0.39, 0.29) is 0 Å². The maximum atomic E-state index is 8.49. The zero-order chi connectivity index (χ0) is 19.2. The number of nitrogens with zero attached hydrogens (tertiary/aromatic N) is 1. The van der Waals surface area contributed by atoms with Crippen LogP contribution in [-0.4, -0.2) is 0 Å². The van der Waals surface area contributed by atoms with E-state index in [0.29, 0.717) is 0 Å². The fraction of sp³-hybridized carbons (Fsp3) is 0.577. The summed E-state index contributed by atoms with van der Waals surface area (Å²) in [7, 11) is 0. The van der Waals surface area contributed by atoms with Crippen molar-refractivity contribution in [2.45, 2.75) is 84.0 Å². The number of unbranched alkanes of at least 4 members (excludes halogenated alkanes) is 3. The summed E-state index contributed by atoms with van der Waals surface area (Å²) >= 11 is 0. The van der Waals surface area contributed by atoms with Gasteiger partial charge in [0.2, 0.25) is 0 Å². The standard InChI is InChI=1S/C26H37N/c1-2-3-5-10-23-14-18-25(19-15-23)12-7-8-13-26-20-16-24(17-21-26)11-6-4-9-22-27/h4,6,9,11,14-15,18-19,24,26H,2-3,5,7-8,10,12-13,16-17,20-21H2,1H3/b9-4+,11-6+. The average Bonchev–Trinajstić information content (AvgIpc) is 2.71. The van der Waals surface area contributed by atoms with Gasteiger partial charge in [0.15, 0.2) is 0 Å². The highest BCUT2D eigenvalue weighted by molar-refractivity contribution is 5.22. The molecule has 1 heteroatoms. The van der Waals surface area contributed by atoms with Crippen molar-refractivity contribution in [3.8, 4) is 6.07 Å². The minimum Gasteiger partial charge on any atom is -0.193 e. The topological polar surface area (TPSA) is 23.8 Å². The first kappa shape index (κ1) is 21.5. The van der Waals surface area contributed by atoms with Crippen molar-refractivity contribution in [2.24, 2.45) is 11.8 Å². The molecule has 0 saturated heterocycles. The molecule has 146 valence electrons. The quantitative estimate of drug-likeness (QED) is 0.226. The van der Waals surface area contributed by atoms with Gasteiger partial charge < -0.3 is 0 Å². The van der Waals surface area contributed by atoms with Crippen LogP contribution in [0.5, 0.6) is 0 Å². The van der Waals surface area contributed by atoms with E-state index in [9.17, 15) is 0 Å². The third kappa shape index (κ3) is 9.09. The van der Waals surface area contributed by atoms with Gasteiger partial charge in [0, 0.05) is 6.08 Å². The maximum Gasteiger partial charge on any atom is 0.0912 e. The van der Waals surface area contributed by atoms with Gasteiger partial charge in [-0.3, -0.25) is 0 Å². The van der Waals surface area contributed by atoms with E-state index in [1.165, 1.54) is 88.2 Å². The highest BCUT2D eigenvalue weighted by atomic mass is 14.2. The Hall–Kier alpha value is -1.81. The van der Waals surface area contributed by atoms with Crippen molar-refractivity contribution in [1.29, 1.82) is 5.26 Å². The van der Waals surface area contributed by atoms with Crippen LogP contribution in [0.25, 0.3) is 0 Å². The molecular weight excluding hydrogens is 326 g/mol. The highest BCUT2D eigenvalue weighted by Gasteiger charge is 2.18. The molecule has 0 unspecified atom stereocenters. The van der Waals surface area contributed by atoms with Gasteiger partial charge in [0.05, 0.1) is 6.07 Å². The molecule has 27 heavy (non-hydrogen) atoms. The van der Waals surface area contributed by atoms with Crippen molar-refractivity contribution in [2.75, 3.05) is 0 Å². The summed E-state index contributed by atoms with van der Waals surface area (Å²) in [6.07, 6.45) is 23.7. The number of hydrogen-bond acceptors (Lipinski definition) is 1. The lowest BCUT2D eigenvalue weighted by molar-refractivity contribution is 0.289. The van der Waals surface area contributed by atoms with Crippen LogP contribution in [0.3, 0.4) is 0 Å². The van der Waals surface area contributed by atoms with Gasteiger partial charge >= 0.3 is 0 Å². The second kappa shape index (κ2) is 13.4. The van der Waals surface area contributed by atoms with Crippen LogP contribution >= 0.6 is 0 Å². The molecule has 0 radical (unpaired) electrons. The first-order chi connectivity index (χ1) is 13.3. The first-order valence-electron chi connectivity index (χ1n) is 11.1. The van der Waals surface area contributed by atoms with E-state index < -0.39 is 0 Å². The molecule has 0 bridgehead atoms. The molecule has 1 fully saturated rings. The number of benzene rings is 1. The van der Waals surface area contributed by atoms with Gasteiger partial charge in [-0.2, -0.15) is 5.26 Å². The molecule has 0 atom stereocenters. The fourth-order valence-corrected chi connectivity index (χ4v) is 4.20. The monoisotopic (exact) mass is 363 g/mol. The maximum absolute atomic E-state index is 8.49. The minimum atomic E-state index is 0.723. The summed E-state index contributed by atoms with van der Waals surface area (Å²) in [5.41, 5.74) is 3.01. The summed E-state index contributed by atoms with van der Waals surface area (Å²) in [6, 6.07) is 11.4. The number of nitriles is 1. The zero-order valence-corrected chi connectivity index (χ0v) is 17.2. The van der Waals surface area contributed by atoms with E-state index in [1.54, 1.807) is 6.08 Å². The number of rotatable bonds is 11. The van der Waals surface area contributed by atoms with Gasteiger partial charge in [-0.25, -0.2) is 0 Å². The molecule has 1 aromatic rings. The second-order valence-electron chi connectivity index (χ2n) is 8.17. The van der Waals surface area contributed by atoms with E-state index in [1.807, 2.05) is 18.2 Å². The predicted molar refractivity (Wildman–Crippen MR) is 117 cm³/mol. The molecule has 0 spiro atoms. The van der Waals surface area contributed by atoms with Crippen LogP contribution < -0.4 is 0 Å². The van der Waals surface area contributed by atoms with Crippen LogP contribution in [0.15, 0.2) is 48.6 Å². The molecule has 2 rings (SSSR count). The lowest BCUT2D eigenvalue weighted by atomic mass is 9.79. The van der Waals surface area contributed by atoms with Gasteiger partial charge in [-0.1, -0.05) is 75.1 Å². The van der Waals surface area contributed by atoms with Crippen molar-refractivity contribution < 1.29 is 0 Å². The Kier molecular flexibility index (Phi) is 10.6. The predicted octanol–water partition coefficient (Wildman–Crippen LogP) is 7.57. The molecule has 0 N–H and O–H groups in total. The molecular formula is C26H37N. The van der Waals surface area contributed by atoms with Crippen molar-refractivity contribution >= 4 is 0 Å². The van der Waals surface area contributed by atoms with Crippen LogP contribution in [0.1, 0.15) is 82.3 Å². The summed E-state index contributed by atoms with van der Waals surface area (Å²) < 4.78 is 0. The van der Waals surface area contributed by atoms with E-state index in [2.05, 4.69) is 37.3 Å². The van der Waals surface area contributed by atoms with Gasteiger partial charge in [-0.15, -0.1) is 0 Å². The second-order valence-corrected chi connectivity index (χ2v) is 8.17. The average molecular weight is 364 g/mol. The Morgan fingerprint density at radius 2 is 1.52 bits per heavy atom. The Bertz CT molecular complexity index is 594. The van der Waals surface area contributed by atoms with Crippen molar-refractivity contribution in [3.63, 3.8) is 0 Å². The molecule has 1 aliphatic carbocycles. The molecule has 1 nitrogen and oxygen atoms in total. The number of hydrogen-bond donors (Lipinski definition) is 0. The molecule has 1 aromatic carbocycles. The molecule has 0 heterocycles. The molecule has 0 aromatic heterocycles. The zero-order valence-electron chi connectivity index (χ0n) is 17.2. The normalized spacial score (nSPS) is 20.3. The lowest BCUT2D eigenvalue weighted by Gasteiger charge is -2.26. The van der Waals surface area contributed by atoms with E-state index in [0.717, 1.165) is 11.8 Å². The largest absolute Gasteiger partial charge is 0.193 e. The summed E-state index contributed by atoms with van der Waals surface area (Å²) in [5, 5.41) is 8.49. The van der Waals surface area contributed by atoms with Crippen LogP contribution in [-0.2, 0) is 12.8 Å². The molecule has 0 amide bonds. The third-order valence-corrected chi connectivity index (χ3v) is 5.98. The van der Waals surface area contributed by atoms with Crippen LogP contribution in [0.4, 0.5) is 0 Å². The van der Waals surface area contributed by atoms with Crippen molar-refractivity contribution in [1.82, 2.24) is 0 Å². The third-order valence-electron chi connectivity index (χ3n) is 5.98. The van der Waals surface area contributed by atoms with E-state index in [4.69, 9.17) is 5.26 Å². The van der Waals surface area contributed by atoms with Gasteiger partial charge in [0.1, 0.15) is 0 Å². The highest BCUT2D eigenvalue weighted by Crippen LogP contribution is 2.32. The Labute approximate surface area is 167 Å². The summed E-state index contributed by atoms with van der Waals surface area (Å²) in [4.78, 5) is 0. The summed E-state index contributed by atoms with van der Waals surface area (Å²) in [6.45, 7) is 2.27. The van der Waals surface area contributed by atoms with Gasteiger partial charge in [0.25, 0.3) is 0 Å².